The van der Waals surface area contributed by atoms with E-state index in [9.17, 15) is 4.79 Å². The van der Waals surface area contributed by atoms with Gasteiger partial charge >= 0.3 is 0 Å². The van der Waals surface area contributed by atoms with Crippen LogP contribution >= 0.6 is 11.3 Å². The summed E-state index contributed by atoms with van der Waals surface area (Å²) in [5.41, 5.74) is 3.88. The zero-order valence-electron chi connectivity index (χ0n) is 15.3. The first-order chi connectivity index (χ1) is 12.1. The van der Waals surface area contributed by atoms with Gasteiger partial charge in [0.05, 0.1) is 0 Å². The van der Waals surface area contributed by atoms with Gasteiger partial charge in [-0.15, -0.1) is 11.3 Å². The number of nitrogens with zero attached hydrogens (tertiary/aromatic N) is 2. The minimum atomic E-state index is 0.304. The maximum absolute atomic E-state index is 12.5. The monoisotopic (exact) mass is 356 g/mol. The fourth-order valence-electron chi connectivity index (χ4n) is 3.47. The van der Waals surface area contributed by atoms with Crippen molar-refractivity contribution < 1.29 is 4.79 Å². The predicted molar refractivity (Wildman–Crippen MR) is 105 cm³/mol. The molecular weight excluding hydrogens is 328 g/mol. The lowest BCUT2D eigenvalue weighted by Crippen LogP contribution is -2.49. The molecule has 0 bridgehead atoms. The van der Waals surface area contributed by atoms with Crippen molar-refractivity contribution in [2.24, 2.45) is 0 Å². The fraction of sp³-hybridized carbons (Fsp3) is 0.476. The fourth-order valence-corrected chi connectivity index (χ4v) is 4.17. The summed E-state index contributed by atoms with van der Waals surface area (Å²) < 4.78 is 0. The second-order valence-corrected chi connectivity index (χ2v) is 8.01. The van der Waals surface area contributed by atoms with E-state index in [-0.39, 0.29) is 0 Å². The standard InChI is InChI=1S/C21H28N2OS/c1-17-5-6-19(18(2)16-17)7-8-21(24)23-13-11-22(12-14-23)10-9-20-4-3-15-25-20/h3-6,15-16H,7-14H2,1-2H3. The summed E-state index contributed by atoms with van der Waals surface area (Å²) in [4.78, 5) is 18.5. The van der Waals surface area contributed by atoms with Gasteiger partial charge in [-0.3, -0.25) is 9.69 Å². The van der Waals surface area contributed by atoms with Crippen molar-refractivity contribution in [3.8, 4) is 0 Å². The van der Waals surface area contributed by atoms with Gasteiger partial charge in [-0.05, 0) is 49.3 Å². The van der Waals surface area contributed by atoms with Crippen LogP contribution < -0.4 is 0 Å². The van der Waals surface area contributed by atoms with E-state index in [1.54, 1.807) is 0 Å². The first-order valence-electron chi connectivity index (χ1n) is 9.20. The van der Waals surface area contributed by atoms with Crippen LogP contribution in [0.5, 0.6) is 0 Å². The van der Waals surface area contributed by atoms with E-state index in [0.717, 1.165) is 45.6 Å². The Labute approximate surface area is 155 Å². The van der Waals surface area contributed by atoms with Crippen molar-refractivity contribution in [3.05, 3.63) is 57.3 Å². The number of piperazine rings is 1. The topological polar surface area (TPSA) is 23.6 Å². The molecule has 0 atom stereocenters. The van der Waals surface area contributed by atoms with Crippen LogP contribution in [0.3, 0.4) is 0 Å². The summed E-state index contributed by atoms with van der Waals surface area (Å²) in [7, 11) is 0. The first kappa shape index (κ1) is 18.2. The summed E-state index contributed by atoms with van der Waals surface area (Å²) in [6.07, 6.45) is 2.60. The van der Waals surface area contributed by atoms with Gasteiger partial charge in [0.1, 0.15) is 0 Å². The molecule has 2 aromatic rings. The Bertz CT molecular complexity index is 688. The van der Waals surface area contributed by atoms with Crippen LogP contribution in [0, 0.1) is 13.8 Å². The molecule has 3 nitrogen and oxygen atoms in total. The predicted octanol–water partition coefficient (Wildman–Crippen LogP) is 3.68. The molecule has 0 spiro atoms. The smallest absolute Gasteiger partial charge is 0.222 e. The van der Waals surface area contributed by atoms with Crippen LogP contribution in [0.25, 0.3) is 0 Å². The summed E-state index contributed by atoms with van der Waals surface area (Å²) in [5.74, 6) is 0.304. The number of carbonyl (C=O) groups is 1. The molecule has 25 heavy (non-hydrogen) atoms. The van der Waals surface area contributed by atoms with E-state index < -0.39 is 0 Å². The minimum absolute atomic E-state index is 0.304. The number of amides is 1. The van der Waals surface area contributed by atoms with Crippen LogP contribution in [-0.4, -0.2) is 48.4 Å². The third-order valence-corrected chi connectivity index (χ3v) is 6.02. The molecule has 1 amide bonds. The highest BCUT2D eigenvalue weighted by Crippen LogP contribution is 2.14. The SMILES string of the molecule is Cc1ccc(CCC(=O)N2CCN(CCc3cccs3)CC2)c(C)c1. The van der Waals surface area contributed by atoms with Gasteiger partial charge in [-0.2, -0.15) is 0 Å². The number of rotatable bonds is 6. The number of hydrogen-bond donors (Lipinski definition) is 0. The Morgan fingerprint density at radius 1 is 1.08 bits per heavy atom. The molecule has 1 aromatic carbocycles. The number of aryl methyl sites for hydroxylation is 3. The average molecular weight is 357 g/mol. The molecule has 1 fully saturated rings. The van der Waals surface area contributed by atoms with Gasteiger partial charge in [0.15, 0.2) is 0 Å². The van der Waals surface area contributed by atoms with Gasteiger partial charge < -0.3 is 4.90 Å². The van der Waals surface area contributed by atoms with Crippen LogP contribution in [0.1, 0.15) is 28.0 Å². The molecule has 1 aliphatic heterocycles. The summed E-state index contributed by atoms with van der Waals surface area (Å²) in [5, 5.41) is 2.14. The number of carbonyl (C=O) groups excluding carboxylic acids is 1. The van der Waals surface area contributed by atoms with Crippen molar-refractivity contribution in [2.75, 3.05) is 32.7 Å². The first-order valence-corrected chi connectivity index (χ1v) is 10.1. The Morgan fingerprint density at radius 2 is 1.88 bits per heavy atom. The number of hydrogen-bond acceptors (Lipinski definition) is 3. The third-order valence-electron chi connectivity index (χ3n) is 5.09. The highest BCUT2D eigenvalue weighted by molar-refractivity contribution is 7.09. The van der Waals surface area contributed by atoms with Gasteiger partial charge in [0.25, 0.3) is 0 Å². The summed E-state index contributed by atoms with van der Waals surface area (Å²) in [6.45, 7) is 9.10. The van der Waals surface area contributed by atoms with E-state index in [1.165, 1.54) is 21.6 Å². The van der Waals surface area contributed by atoms with Crippen molar-refractivity contribution >= 4 is 17.2 Å². The second-order valence-electron chi connectivity index (χ2n) is 6.98. The molecule has 1 saturated heterocycles. The van der Waals surface area contributed by atoms with E-state index in [4.69, 9.17) is 0 Å². The van der Waals surface area contributed by atoms with Crippen molar-refractivity contribution in [2.45, 2.75) is 33.1 Å². The molecule has 134 valence electrons. The largest absolute Gasteiger partial charge is 0.340 e. The molecule has 2 heterocycles. The zero-order chi connectivity index (χ0) is 17.6. The lowest BCUT2D eigenvalue weighted by Gasteiger charge is -2.34. The molecule has 1 aliphatic rings. The lowest BCUT2D eigenvalue weighted by molar-refractivity contribution is -0.132. The molecule has 3 rings (SSSR count). The van der Waals surface area contributed by atoms with Crippen molar-refractivity contribution in [1.29, 1.82) is 0 Å². The molecule has 0 radical (unpaired) electrons. The summed E-state index contributed by atoms with van der Waals surface area (Å²) >= 11 is 1.83. The number of benzene rings is 1. The molecule has 0 aliphatic carbocycles. The molecule has 0 unspecified atom stereocenters. The number of thiophene rings is 1. The van der Waals surface area contributed by atoms with Crippen LogP contribution in [0.2, 0.25) is 0 Å². The van der Waals surface area contributed by atoms with E-state index in [2.05, 4.69) is 54.5 Å². The minimum Gasteiger partial charge on any atom is -0.340 e. The second kappa shape index (κ2) is 8.63. The van der Waals surface area contributed by atoms with E-state index in [1.807, 2.05) is 16.2 Å². The van der Waals surface area contributed by atoms with Crippen molar-refractivity contribution in [3.63, 3.8) is 0 Å². The van der Waals surface area contributed by atoms with Gasteiger partial charge in [-0.25, -0.2) is 0 Å². The highest BCUT2D eigenvalue weighted by atomic mass is 32.1. The quantitative estimate of drug-likeness (QED) is 0.788. The Hall–Kier alpha value is -1.65. The van der Waals surface area contributed by atoms with Crippen LogP contribution in [0.15, 0.2) is 35.7 Å². The van der Waals surface area contributed by atoms with Gasteiger partial charge in [-0.1, -0.05) is 29.8 Å². The molecule has 0 N–H and O–H groups in total. The van der Waals surface area contributed by atoms with Gasteiger partial charge in [0.2, 0.25) is 5.91 Å². The van der Waals surface area contributed by atoms with Crippen molar-refractivity contribution in [1.82, 2.24) is 9.80 Å². The van der Waals surface area contributed by atoms with E-state index in [0.29, 0.717) is 12.3 Å². The Kier molecular flexibility index (Phi) is 6.27. The normalized spacial score (nSPS) is 15.5. The van der Waals surface area contributed by atoms with Gasteiger partial charge in [0, 0.05) is 44.0 Å². The third kappa shape index (κ3) is 5.16. The average Bonchev–Trinajstić information content (AvgIpc) is 3.13. The molecule has 1 aromatic heterocycles. The maximum Gasteiger partial charge on any atom is 0.222 e. The molecule has 4 heteroatoms. The van der Waals surface area contributed by atoms with E-state index >= 15 is 0 Å². The molecule has 0 saturated carbocycles. The maximum atomic E-state index is 12.5. The molecular formula is C21H28N2OS. The summed E-state index contributed by atoms with van der Waals surface area (Å²) in [6, 6.07) is 10.8. The Balaban J connectivity index is 1.40. The Morgan fingerprint density at radius 3 is 2.56 bits per heavy atom. The zero-order valence-corrected chi connectivity index (χ0v) is 16.1. The van der Waals surface area contributed by atoms with Crippen LogP contribution in [0.4, 0.5) is 0 Å². The lowest BCUT2D eigenvalue weighted by atomic mass is 10.0. The highest BCUT2D eigenvalue weighted by Gasteiger charge is 2.20. The van der Waals surface area contributed by atoms with Crippen LogP contribution in [-0.2, 0) is 17.6 Å².